The van der Waals surface area contributed by atoms with E-state index < -0.39 is 0 Å². The molecule has 4 rings (SSSR count). The number of thiazole rings is 1. The van der Waals surface area contributed by atoms with Gasteiger partial charge in [-0.25, -0.2) is 15.0 Å². The van der Waals surface area contributed by atoms with Crippen molar-refractivity contribution in [3.8, 4) is 0 Å². The van der Waals surface area contributed by atoms with Gasteiger partial charge in [0.05, 0.1) is 12.5 Å². The molecule has 1 amide bonds. The highest BCUT2D eigenvalue weighted by Gasteiger charge is 2.14. The fourth-order valence-corrected chi connectivity index (χ4v) is 3.54. The Bertz CT molecular complexity index is 1120. The summed E-state index contributed by atoms with van der Waals surface area (Å²) >= 11 is 7.28. The quantitative estimate of drug-likeness (QED) is 0.560. The molecule has 0 radical (unpaired) electrons. The van der Waals surface area contributed by atoms with Gasteiger partial charge >= 0.3 is 0 Å². The molecule has 3 heterocycles. The Hall–Kier alpha value is -2.97. The van der Waals surface area contributed by atoms with E-state index in [2.05, 4.69) is 20.3 Å². The molecule has 0 unspecified atom stereocenters. The number of fused-ring (bicyclic) bond motifs is 1. The van der Waals surface area contributed by atoms with Crippen LogP contribution in [0.4, 0.5) is 16.6 Å². The number of aryl methyl sites for hydroxylation is 1. The zero-order chi connectivity index (χ0) is 19.0. The van der Waals surface area contributed by atoms with Crippen LogP contribution in [-0.4, -0.2) is 32.5 Å². The zero-order valence-electron chi connectivity index (χ0n) is 14.5. The van der Waals surface area contributed by atoms with E-state index in [1.807, 2.05) is 48.3 Å². The normalized spacial score (nSPS) is 10.9. The lowest BCUT2D eigenvalue weighted by molar-refractivity contribution is 0.101. The highest BCUT2D eigenvalue weighted by molar-refractivity contribution is 7.22. The van der Waals surface area contributed by atoms with Crippen LogP contribution in [0.5, 0.6) is 0 Å². The van der Waals surface area contributed by atoms with E-state index in [9.17, 15) is 4.79 Å². The number of nitrogens with one attached hydrogen (secondary N) is 1. The number of hydrogen-bond acceptors (Lipinski definition) is 6. The van der Waals surface area contributed by atoms with Gasteiger partial charge in [-0.2, -0.15) is 0 Å². The van der Waals surface area contributed by atoms with Gasteiger partial charge in [-0.05, 0) is 36.4 Å². The van der Waals surface area contributed by atoms with Crippen LogP contribution in [0.1, 0.15) is 10.5 Å². The Morgan fingerprint density at radius 2 is 1.96 bits per heavy atom. The highest BCUT2D eigenvalue weighted by atomic mass is 35.5. The number of carbonyl (C=O) groups excluding carboxylic acids is 1. The third-order valence-corrected chi connectivity index (χ3v) is 5.20. The van der Waals surface area contributed by atoms with E-state index in [-0.39, 0.29) is 5.91 Å². The molecule has 0 fully saturated rings. The second kappa shape index (κ2) is 6.98. The number of rotatable bonds is 4. The number of nitrogens with zero attached hydrogens (tertiary/aromatic N) is 5. The van der Waals surface area contributed by atoms with Gasteiger partial charge in [-0.1, -0.05) is 22.9 Å². The van der Waals surface area contributed by atoms with Crippen molar-refractivity contribution in [3.05, 3.63) is 59.6 Å². The van der Waals surface area contributed by atoms with Crippen molar-refractivity contribution < 1.29 is 4.79 Å². The van der Waals surface area contributed by atoms with Crippen molar-refractivity contribution >= 4 is 55.8 Å². The van der Waals surface area contributed by atoms with Crippen LogP contribution in [0, 0.1) is 0 Å². The van der Waals surface area contributed by atoms with Gasteiger partial charge in [0.1, 0.15) is 21.9 Å². The fraction of sp³-hybridized carbons (Fsp3) is 0.111. The van der Waals surface area contributed by atoms with Crippen LogP contribution in [0.3, 0.4) is 0 Å². The third kappa shape index (κ3) is 3.49. The first-order valence-electron chi connectivity index (χ1n) is 8.06. The van der Waals surface area contributed by atoms with Crippen LogP contribution in [0.2, 0.25) is 5.02 Å². The van der Waals surface area contributed by atoms with E-state index >= 15 is 0 Å². The lowest BCUT2D eigenvalue weighted by Crippen LogP contribution is -2.15. The molecule has 9 heteroatoms. The van der Waals surface area contributed by atoms with Gasteiger partial charge in [0.15, 0.2) is 5.13 Å². The van der Waals surface area contributed by atoms with Gasteiger partial charge in [0.2, 0.25) is 0 Å². The summed E-state index contributed by atoms with van der Waals surface area (Å²) in [6.07, 6.45) is 3.09. The van der Waals surface area contributed by atoms with Crippen LogP contribution < -0.4 is 10.2 Å². The molecule has 0 aliphatic heterocycles. The monoisotopic (exact) mass is 398 g/mol. The van der Waals surface area contributed by atoms with E-state index in [1.54, 1.807) is 17.9 Å². The lowest BCUT2D eigenvalue weighted by Gasteiger charge is -2.18. The van der Waals surface area contributed by atoms with Crippen molar-refractivity contribution in [3.63, 3.8) is 0 Å². The topological polar surface area (TPSA) is 75.9 Å². The largest absolute Gasteiger partial charge is 0.330 e. The van der Waals surface area contributed by atoms with Crippen molar-refractivity contribution in [2.45, 2.75) is 0 Å². The van der Waals surface area contributed by atoms with Crippen molar-refractivity contribution in [2.75, 3.05) is 17.3 Å². The first kappa shape index (κ1) is 17.4. The number of benzene rings is 1. The molecule has 0 saturated heterocycles. The lowest BCUT2D eigenvalue weighted by atomic mass is 10.3. The number of amides is 1. The summed E-state index contributed by atoms with van der Waals surface area (Å²) in [4.78, 5) is 28.1. The van der Waals surface area contributed by atoms with Gasteiger partial charge in [-0.3, -0.25) is 10.1 Å². The summed E-state index contributed by atoms with van der Waals surface area (Å²) in [5, 5.41) is 3.98. The van der Waals surface area contributed by atoms with Gasteiger partial charge in [0, 0.05) is 24.8 Å². The molecule has 0 aliphatic rings. The smallest absolute Gasteiger partial charge is 0.275 e. The summed E-state index contributed by atoms with van der Waals surface area (Å²) in [6.45, 7) is 0. The van der Waals surface area contributed by atoms with E-state index in [0.717, 1.165) is 21.9 Å². The molecule has 0 aliphatic carbocycles. The molecular weight excluding hydrogens is 384 g/mol. The molecule has 0 spiro atoms. The Labute approximate surface area is 164 Å². The zero-order valence-corrected chi connectivity index (χ0v) is 16.1. The number of halogens is 1. The van der Waals surface area contributed by atoms with Crippen molar-refractivity contribution in [1.29, 1.82) is 0 Å². The maximum atomic E-state index is 12.3. The highest BCUT2D eigenvalue weighted by Crippen LogP contribution is 2.29. The molecule has 3 aromatic heterocycles. The SMILES string of the molecule is CN(c1ccc(Cl)cc1)c1ccc2nc(NC(=O)c3cncn3C)sc2n1. The molecule has 0 atom stereocenters. The number of aromatic nitrogens is 4. The minimum Gasteiger partial charge on any atom is -0.330 e. The summed E-state index contributed by atoms with van der Waals surface area (Å²) < 4.78 is 1.65. The van der Waals surface area contributed by atoms with E-state index in [4.69, 9.17) is 11.6 Å². The molecule has 0 saturated carbocycles. The first-order chi connectivity index (χ1) is 13.0. The second-order valence-corrected chi connectivity index (χ2v) is 7.31. The minimum absolute atomic E-state index is 0.257. The summed E-state index contributed by atoms with van der Waals surface area (Å²) in [5.41, 5.74) is 2.17. The summed E-state index contributed by atoms with van der Waals surface area (Å²) in [6, 6.07) is 11.3. The molecule has 136 valence electrons. The summed E-state index contributed by atoms with van der Waals surface area (Å²) in [5.74, 6) is 0.519. The molecule has 27 heavy (non-hydrogen) atoms. The van der Waals surface area contributed by atoms with Crippen molar-refractivity contribution in [1.82, 2.24) is 19.5 Å². The average molecular weight is 399 g/mol. The van der Waals surface area contributed by atoms with Crippen LogP contribution in [-0.2, 0) is 7.05 Å². The number of carbonyl (C=O) groups is 1. The Morgan fingerprint density at radius 3 is 2.67 bits per heavy atom. The maximum Gasteiger partial charge on any atom is 0.275 e. The number of hydrogen-bond donors (Lipinski definition) is 1. The fourth-order valence-electron chi connectivity index (χ4n) is 2.58. The van der Waals surface area contributed by atoms with Gasteiger partial charge in [0.25, 0.3) is 5.91 Å². The minimum atomic E-state index is -0.257. The van der Waals surface area contributed by atoms with E-state index in [1.165, 1.54) is 17.5 Å². The number of imidazole rings is 1. The van der Waals surface area contributed by atoms with Crippen LogP contribution >= 0.6 is 22.9 Å². The molecule has 0 bridgehead atoms. The van der Waals surface area contributed by atoms with Gasteiger partial charge < -0.3 is 9.47 Å². The standard InChI is InChI=1S/C18H15ClN6OS/c1-24-10-20-9-14(24)16(26)23-18-21-13-7-8-15(22-17(13)27-18)25(2)12-5-3-11(19)4-6-12/h3-10H,1-2H3,(H,21,23,26). The van der Waals surface area contributed by atoms with Gasteiger partial charge in [-0.15, -0.1) is 0 Å². The molecule has 4 aromatic rings. The average Bonchev–Trinajstić information content (AvgIpc) is 3.26. The Balaban J connectivity index is 1.59. The second-order valence-electron chi connectivity index (χ2n) is 5.89. The Morgan fingerprint density at radius 1 is 1.19 bits per heavy atom. The maximum absolute atomic E-state index is 12.3. The molecule has 7 nitrogen and oxygen atoms in total. The molecule has 1 aromatic carbocycles. The molecular formula is C18H15ClN6OS. The number of pyridine rings is 1. The molecule has 1 N–H and O–H groups in total. The Kier molecular flexibility index (Phi) is 4.51. The summed E-state index contributed by atoms with van der Waals surface area (Å²) in [7, 11) is 3.70. The van der Waals surface area contributed by atoms with Crippen LogP contribution in [0.15, 0.2) is 48.9 Å². The first-order valence-corrected chi connectivity index (χ1v) is 9.25. The van der Waals surface area contributed by atoms with Crippen molar-refractivity contribution in [2.24, 2.45) is 7.05 Å². The predicted molar refractivity (Wildman–Crippen MR) is 108 cm³/mol. The number of anilines is 3. The predicted octanol–water partition coefficient (Wildman–Crippen LogP) is 4.10. The third-order valence-electron chi connectivity index (χ3n) is 4.07. The van der Waals surface area contributed by atoms with E-state index in [0.29, 0.717) is 15.8 Å². The van der Waals surface area contributed by atoms with Crippen LogP contribution in [0.25, 0.3) is 10.3 Å².